The summed E-state index contributed by atoms with van der Waals surface area (Å²) in [6.07, 6.45) is 0. The van der Waals surface area contributed by atoms with Gasteiger partial charge in [-0.25, -0.2) is 4.79 Å². The van der Waals surface area contributed by atoms with E-state index < -0.39 is 6.04 Å². The summed E-state index contributed by atoms with van der Waals surface area (Å²) in [6, 6.07) is 4.94. The Hall–Kier alpha value is -1.23. The first kappa shape index (κ1) is 11.8. The molecule has 5 heteroatoms. The van der Waals surface area contributed by atoms with Gasteiger partial charge in [-0.1, -0.05) is 0 Å². The quantitative estimate of drug-likeness (QED) is 0.653. The van der Waals surface area contributed by atoms with Crippen LogP contribution in [-0.2, 0) is 9.53 Å². The summed E-state index contributed by atoms with van der Waals surface area (Å²) in [5, 5.41) is 3.01. The van der Waals surface area contributed by atoms with Crippen LogP contribution in [0.5, 0.6) is 0 Å². The summed E-state index contributed by atoms with van der Waals surface area (Å²) in [5.74, 6) is -0.307. The molecule has 1 rings (SSSR count). The number of carbonyl (C=O) groups is 1. The predicted octanol–water partition coefficient (Wildman–Crippen LogP) is 2.00. The van der Waals surface area contributed by atoms with E-state index in [9.17, 15) is 4.79 Å². The maximum atomic E-state index is 11.2. The number of methoxy groups -OCH3 is 1. The van der Waals surface area contributed by atoms with E-state index in [0.29, 0.717) is 5.69 Å². The molecule has 82 valence electrons. The lowest BCUT2D eigenvalue weighted by molar-refractivity contribution is -0.141. The van der Waals surface area contributed by atoms with Gasteiger partial charge >= 0.3 is 5.97 Å². The minimum Gasteiger partial charge on any atom is -0.467 e. The van der Waals surface area contributed by atoms with Crippen LogP contribution in [0.15, 0.2) is 22.7 Å². The summed E-state index contributed by atoms with van der Waals surface area (Å²) < 4.78 is 5.42. The van der Waals surface area contributed by atoms with Gasteiger partial charge < -0.3 is 15.8 Å². The second-order valence-corrected chi connectivity index (χ2v) is 3.98. The maximum Gasteiger partial charge on any atom is 0.327 e. The molecule has 0 spiro atoms. The van der Waals surface area contributed by atoms with E-state index in [2.05, 4.69) is 26.0 Å². The van der Waals surface area contributed by atoms with Crippen molar-refractivity contribution in [2.45, 2.75) is 13.0 Å². The van der Waals surface area contributed by atoms with Crippen molar-refractivity contribution in [2.24, 2.45) is 0 Å². The molecule has 3 N–H and O–H groups in total. The van der Waals surface area contributed by atoms with E-state index in [4.69, 9.17) is 5.73 Å². The Morgan fingerprint density at radius 2 is 2.27 bits per heavy atom. The van der Waals surface area contributed by atoms with Gasteiger partial charge in [0.05, 0.1) is 7.11 Å². The van der Waals surface area contributed by atoms with Crippen LogP contribution >= 0.6 is 15.9 Å². The largest absolute Gasteiger partial charge is 0.467 e. The maximum absolute atomic E-state index is 11.2. The summed E-state index contributed by atoms with van der Waals surface area (Å²) in [4.78, 5) is 11.2. The number of hydrogen-bond acceptors (Lipinski definition) is 4. The van der Waals surface area contributed by atoms with Gasteiger partial charge in [0.2, 0.25) is 0 Å². The number of halogens is 1. The van der Waals surface area contributed by atoms with Crippen molar-refractivity contribution >= 4 is 33.3 Å². The lowest BCUT2D eigenvalue weighted by atomic mass is 10.2. The molecule has 15 heavy (non-hydrogen) atoms. The van der Waals surface area contributed by atoms with Crippen LogP contribution in [-0.4, -0.2) is 19.1 Å². The minimum absolute atomic E-state index is 0.307. The number of ether oxygens (including phenoxy) is 1. The highest BCUT2D eigenvalue weighted by Gasteiger charge is 2.13. The number of esters is 1. The highest BCUT2D eigenvalue weighted by atomic mass is 79.9. The van der Waals surface area contributed by atoms with Gasteiger partial charge in [0.15, 0.2) is 0 Å². The highest BCUT2D eigenvalue weighted by molar-refractivity contribution is 9.10. The molecule has 1 atom stereocenters. The normalized spacial score (nSPS) is 11.9. The van der Waals surface area contributed by atoms with E-state index in [0.717, 1.165) is 10.2 Å². The lowest BCUT2D eigenvalue weighted by Gasteiger charge is -2.14. The topological polar surface area (TPSA) is 64.3 Å². The Labute approximate surface area is 96.9 Å². The molecule has 0 aliphatic carbocycles. The molecule has 0 aromatic heterocycles. The van der Waals surface area contributed by atoms with Crippen molar-refractivity contribution in [3.63, 3.8) is 0 Å². The molecule has 0 aliphatic heterocycles. The number of nitrogens with one attached hydrogen (secondary N) is 1. The van der Waals surface area contributed by atoms with E-state index in [1.165, 1.54) is 7.11 Å². The fraction of sp³-hybridized carbons (Fsp3) is 0.300. The molecule has 1 unspecified atom stereocenters. The van der Waals surface area contributed by atoms with Crippen LogP contribution in [0.4, 0.5) is 11.4 Å². The minimum atomic E-state index is -0.394. The highest BCUT2D eigenvalue weighted by Crippen LogP contribution is 2.25. The van der Waals surface area contributed by atoms with Crippen molar-refractivity contribution in [3.8, 4) is 0 Å². The summed E-state index contributed by atoms with van der Waals surface area (Å²) >= 11 is 3.35. The van der Waals surface area contributed by atoms with E-state index >= 15 is 0 Å². The molecule has 1 aromatic carbocycles. The Balaban J connectivity index is 2.76. The van der Waals surface area contributed by atoms with Crippen LogP contribution in [0, 0.1) is 0 Å². The monoisotopic (exact) mass is 272 g/mol. The van der Waals surface area contributed by atoms with Crippen molar-refractivity contribution < 1.29 is 9.53 Å². The number of nitrogens with two attached hydrogens (primary N) is 1. The molecule has 0 radical (unpaired) electrons. The zero-order valence-electron chi connectivity index (χ0n) is 8.58. The van der Waals surface area contributed by atoms with Gasteiger partial charge in [0.25, 0.3) is 0 Å². The van der Waals surface area contributed by atoms with E-state index in [-0.39, 0.29) is 5.97 Å². The fourth-order valence-electron chi connectivity index (χ4n) is 1.12. The van der Waals surface area contributed by atoms with Crippen molar-refractivity contribution in [1.29, 1.82) is 0 Å². The van der Waals surface area contributed by atoms with Gasteiger partial charge in [0, 0.05) is 15.8 Å². The SMILES string of the molecule is COC(=O)C(C)Nc1ccc(N)cc1Br. The molecule has 0 heterocycles. The second-order valence-electron chi connectivity index (χ2n) is 3.13. The van der Waals surface area contributed by atoms with Gasteiger partial charge in [-0.3, -0.25) is 0 Å². The molecule has 0 bridgehead atoms. The van der Waals surface area contributed by atoms with E-state index in [1.54, 1.807) is 25.1 Å². The average molecular weight is 273 g/mol. The Morgan fingerprint density at radius 1 is 1.60 bits per heavy atom. The number of carbonyl (C=O) groups excluding carboxylic acids is 1. The molecule has 0 aliphatic rings. The zero-order valence-corrected chi connectivity index (χ0v) is 10.2. The molecule has 0 saturated carbocycles. The van der Waals surface area contributed by atoms with Crippen LogP contribution in [0.3, 0.4) is 0 Å². The molecular weight excluding hydrogens is 260 g/mol. The molecule has 0 fully saturated rings. The number of hydrogen-bond donors (Lipinski definition) is 2. The number of nitrogen functional groups attached to an aromatic ring is 1. The van der Waals surface area contributed by atoms with Crippen LogP contribution in [0.2, 0.25) is 0 Å². The van der Waals surface area contributed by atoms with Crippen molar-refractivity contribution in [3.05, 3.63) is 22.7 Å². The average Bonchev–Trinajstić information content (AvgIpc) is 2.20. The predicted molar refractivity (Wildman–Crippen MR) is 63.7 cm³/mol. The third-order valence-electron chi connectivity index (χ3n) is 1.92. The van der Waals surface area contributed by atoms with Crippen molar-refractivity contribution in [1.82, 2.24) is 0 Å². The first-order chi connectivity index (χ1) is 7.04. The lowest BCUT2D eigenvalue weighted by Crippen LogP contribution is -2.27. The number of rotatable bonds is 3. The van der Waals surface area contributed by atoms with E-state index in [1.807, 2.05) is 0 Å². The van der Waals surface area contributed by atoms with Gasteiger partial charge in [0.1, 0.15) is 6.04 Å². The summed E-state index contributed by atoms with van der Waals surface area (Å²) in [6.45, 7) is 1.73. The first-order valence-corrected chi connectivity index (χ1v) is 5.23. The fourth-order valence-corrected chi connectivity index (χ4v) is 1.63. The van der Waals surface area contributed by atoms with Crippen LogP contribution in [0.25, 0.3) is 0 Å². The molecule has 1 aromatic rings. The summed E-state index contributed by atoms with van der Waals surface area (Å²) in [5.41, 5.74) is 7.07. The molecule has 4 nitrogen and oxygen atoms in total. The third-order valence-corrected chi connectivity index (χ3v) is 2.58. The number of benzene rings is 1. The van der Waals surface area contributed by atoms with Crippen LogP contribution in [0.1, 0.15) is 6.92 Å². The summed E-state index contributed by atoms with van der Waals surface area (Å²) in [7, 11) is 1.36. The molecular formula is C10H13BrN2O2. The van der Waals surface area contributed by atoms with Gasteiger partial charge in [-0.15, -0.1) is 0 Å². The molecule has 0 saturated heterocycles. The Bertz CT molecular complexity index is 368. The standard InChI is InChI=1S/C10H13BrN2O2/c1-6(10(14)15-2)13-9-4-3-7(12)5-8(9)11/h3-6,13H,12H2,1-2H3. The van der Waals surface area contributed by atoms with Crippen LogP contribution < -0.4 is 11.1 Å². The van der Waals surface area contributed by atoms with Crippen molar-refractivity contribution in [2.75, 3.05) is 18.2 Å². The smallest absolute Gasteiger partial charge is 0.327 e. The third kappa shape index (κ3) is 3.13. The Kier molecular flexibility index (Phi) is 3.96. The van der Waals surface area contributed by atoms with Gasteiger partial charge in [-0.2, -0.15) is 0 Å². The zero-order chi connectivity index (χ0) is 11.4. The second kappa shape index (κ2) is 5.02. The number of anilines is 2. The van der Waals surface area contributed by atoms with Gasteiger partial charge in [-0.05, 0) is 41.1 Å². The Morgan fingerprint density at radius 3 is 2.80 bits per heavy atom. The molecule has 0 amide bonds. The first-order valence-electron chi connectivity index (χ1n) is 4.44.